The lowest BCUT2D eigenvalue weighted by Gasteiger charge is -2.33. The zero-order chi connectivity index (χ0) is 29.6. The Balaban J connectivity index is 1.23. The molecule has 0 bridgehead atoms. The lowest BCUT2D eigenvalue weighted by atomic mass is 9.76. The van der Waals surface area contributed by atoms with Crippen molar-refractivity contribution < 1.29 is 4.74 Å². The number of para-hydroxylation sites is 1. The SMILES string of the molecule is Cc1cc(Oc2ccc3c4cccc5c4n(c3c2)-c2ncccc2C5(C)C)cc(N2CN(C(C)C)c3ccc(C)nc32)c1. The van der Waals surface area contributed by atoms with Crippen LogP contribution in [0.3, 0.4) is 0 Å². The predicted molar refractivity (Wildman–Crippen MR) is 176 cm³/mol. The standard InChI is InChI=1S/C37H35N5O/c1-22(2)40-21-41(36-32(40)15-12-24(4)39-36)25-17-23(3)18-27(19-25)43-26-13-14-28-29-9-7-10-30-34(29)42(33(28)20-26)35-31(37(30,5)6)11-8-16-38-35/h7-20,22H,21H2,1-6H3. The molecule has 3 aromatic heterocycles. The molecular formula is C37H35N5O. The highest BCUT2D eigenvalue weighted by molar-refractivity contribution is 6.11. The fourth-order valence-electron chi connectivity index (χ4n) is 7.02. The molecule has 0 spiro atoms. The molecule has 2 aliphatic heterocycles. The van der Waals surface area contributed by atoms with Gasteiger partial charge in [-0.1, -0.05) is 38.1 Å². The fourth-order valence-corrected chi connectivity index (χ4v) is 7.02. The lowest BCUT2D eigenvalue weighted by Crippen LogP contribution is -2.33. The first-order valence-corrected chi connectivity index (χ1v) is 15.1. The number of nitrogens with zero attached hydrogens (tertiary/aromatic N) is 5. The Bertz CT molecular complexity index is 2090. The summed E-state index contributed by atoms with van der Waals surface area (Å²) in [6.07, 6.45) is 1.89. The van der Waals surface area contributed by atoms with E-state index in [-0.39, 0.29) is 5.41 Å². The monoisotopic (exact) mass is 565 g/mol. The molecule has 3 aromatic carbocycles. The van der Waals surface area contributed by atoms with Crippen LogP contribution in [0.2, 0.25) is 0 Å². The highest BCUT2D eigenvalue weighted by Gasteiger charge is 2.36. The van der Waals surface area contributed by atoms with Crippen LogP contribution in [0.1, 0.15) is 50.1 Å². The van der Waals surface area contributed by atoms with Crippen molar-refractivity contribution in [2.75, 3.05) is 16.5 Å². The number of ether oxygens (including phenoxy) is 1. The molecule has 0 aliphatic carbocycles. The summed E-state index contributed by atoms with van der Waals surface area (Å²) in [5.74, 6) is 3.59. The van der Waals surface area contributed by atoms with Gasteiger partial charge in [-0.2, -0.15) is 0 Å². The van der Waals surface area contributed by atoms with Crippen LogP contribution in [-0.4, -0.2) is 27.2 Å². The maximum atomic E-state index is 6.63. The molecule has 6 aromatic rings. The minimum Gasteiger partial charge on any atom is -0.457 e. The van der Waals surface area contributed by atoms with Gasteiger partial charge in [-0.05, 0) is 81.3 Å². The zero-order valence-corrected chi connectivity index (χ0v) is 25.5. The summed E-state index contributed by atoms with van der Waals surface area (Å²) in [5, 5.41) is 2.44. The Kier molecular flexibility index (Phi) is 5.45. The van der Waals surface area contributed by atoms with E-state index in [0.29, 0.717) is 6.04 Å². The Hall–Kier alpha value is -4.84. The van der Waals surface area contributed by atoms with Crippen LogP contribution >= 0.6 is 0 Å². The molecule has 0 amide bonds. The summed E-state index contributed by atoms with van der Waals surface area (Å²) in [7, 11) is 0. The van der Waals surface area contributed by atoms with Crippen molar-refractivity contribution in [1.29, 1.82) is 0 Å². The first-order chi connectivity index (χ1) is 20.7. The molecule has 0 saturated carbocycles. The van der Waals surface area contributed by atoms with Gasteiger partial charge in [-0.15, -0.1) is 0 Å². The van der Waals surface area contributed by atoms with Crippen molar-refractivity contribution in [3.63, 3.8) is 0 Å². The van der Waals surface area contributed by atoms with Gasteiger partial charge in [-0.3, -0.25) is 4.57 Å². The van der Waals surface area contributed by atoms with E-state index in [1.807, 2.05) is 19.2 Å². The molecule has 5 heterocycles. The van der Waals surface area contributed by atoms with Crippen LogP contribution < -0.4 is 14.5 Å². The number of rotatable bonds is 4. The maximum absolute atomic E-state index is 6.63. The minimum atomic E-state index is -0.141. The van der Waals surface area contributed by atoms with Crippen molar-refractivity contribution in [2.24, 2.45) is 0 Å². The highest BCUT2D eigenvalue weighted by atomic mass is 16.5. The normalized spacial score (nSPS) is 15.0. The number of hydrogen-bond acceptors (Lipinski definition) is 5. The van der Waals surface area contributed by atoms with Crippen LogP contribution in [0, 0.1) is 13.8 Å². The quantitative estimate of drug-likeness (QED) is 0.214. The van der Waals surface area contributed by atoms with Gasteiger partial charge in [0.05, 0.1) is 23.4 Å². The molecule has 8 rings (SSSR count). The summed E-state index contributed by atoms with van der Waals surface area (Å²) >= 11 is 0. The summed E-state index contributed by atoms with van der Waals surface area (Å²) < 4.78 is 8.96. The number of anilines is 3. The largest absolute Gasteiger partial charge is 0.457 e. The zero-order valence-electron chi connectivity index (χ0n) is 25.5. The summed E-state index contributed by atoms with van der Waals surface area (Å²) in [6, 6.07) is 28.4. The van der Waals surface area contributed by atoms with Gasteiger partial charge in [-0.25, -0.2) is 9.97 Å². The summed E-state index contributed by atoms with van der Waals surface area (Å²) in [5.41, 5.74) is 9.13. The van der Waals surface area contributed by atoms with Gasteiger partial charge in [0.15, 0.2) is 5.82 Å². The molecule has 6 heteroatoms. The average molecular weight is 566 g/mol. The number of aromatic nitrogens is 3. The maximum Gasteiger partial charge on any atom is 0.158 e. The van der Waals surface area contributed by atoms with Crippen molar-refractivity contribution in [2.45, 2.75) is 53.0 Å². The number of pyridine rings is 2. The van der Waals surface area contributed by atoms with E-state index in [0.717, 1.165) is 52.3 Å². The number of aryl methyl sites for hydroxylation is 2. The van der Waals surface area contributed by atoms with Crippen LogP contribution in [0.15, 0.2) is 85.1 Å². The highest BCUT2D eigenvalue weighted by Crippen LogP contribution is 2.47. The average Bonchev–Trinajstić information content (AvgIpc) is 3.52. The van der Waals surface area contributed by atoms with E-state index < -0.39 is 0 Å². The molecule has 0 radical (unpaired) electrons. The van der Waals surface area contributed by atoms with Gasteiger partial charge < -0.3 is 14.5 Å². The molecule has 6 nitrogen and oxygen atoms in total. The molecule has 214 valence electrons. The second-order valence-corrected chi connectivity index (χ2v) is 12.8. The van der Waals surface area contributed by atoms with Crippen LogP contribution in [0.25, 0.3) is 27.6 Å². The predicted octanol–water partition coefficient (Wildman–Crippen LogP) is 8.95. The van der Waals surface area contributed by atoms with Gasteiger partial charge >= 0.3 is 0 Å². The third-order valence-corrected chi connectivity index (χ3v) is 9.16. The van der Waals surface area contributed by atoms with Gasteiger partial charge in [0.25, 0.3) is 0 Å². The Labute approximate surface area is 252 Å². The molecule has 0 unspecified atom stereocenters. The number of benzene rings is 3. The first-order valence-electron chi connectivity index (χ1n) is 15.1. The molecule has 0 N–H and O–H groups in total. The van der Waals surface area contributed by atoms with Crippen LogP contribution in [0.5, 0.6) is 11.5 Å². The Morgan fingerprint density at radius 3 is 2.49 bits per heavy atom. The molecule has 0 fully saturated rings. The van der Waals surface area contributed by atoms with Gasteiger partial charge in [0.1, 0.15) is 17.3 Å². The van der Waals surface area contributed by atoms with E-state index in [1.165, 1.54) is 33.1 Å². The Morgan fingerprint density at radius 1 is 0.814 bits per heavy atom. The summed E-state index contributed by atoms with van der Waals surface area (Å²) in [4.78, 5) is 14.5. The minimum absolute atomic E-state index is 0.141. The van der Waals surface area contributed by atoms with Crippen LogP contribution in [0.4, 0.5) is 17.2 Å². The van der Waals surface area contributed by atoms with Crippen LogP contribution in [-0.2, 0) is 5.41 Å². The topological polar surface area (TPSA) is 46.4 Å². The Morgan fingerprint density at radius 2 is 1.65 bits per heavy atom. The molecule has 0 atom stereocenters. The second-order valence-electron chi connectivity index (χ2n) is 12.8. The van der Waals surface area contributed by atoms with E-state index in [2.05, 4.69) is 122 Å². The second kappa shape index (κ2) is 9.08. The van der Waals surface area contributed by atoms with E-state index in [1.54, 1.807) is 0 Å². The van der Waals surface area contributed by atoms with E-state index >= 15 is 0 Å². The molecule has 0 saturated heterocycles. The van der Waals surface area contributed by atoms with Crippen molar-refractivity contribution >= 4 is 39.0 Å². The fraction of sp³-hybridized carbons (Fsp3) is 0.243. The van der Waals surface area contributed by atoms with E-state index in [9.17, 15) is 0 Å². The van der Waals surface area contributed by atoms with Crippen molar-refractivity contribution in [3.05, 3.63) is 107 Å². The third kappa shape index (κ3) is 3.79. The van der Waals surface area contributed by atoms with E-state index in [4.69, 9.17) is 14.7 Å². The smallest absolute Gasteiger partial charge is 0.158 e. The van der Waals surface area contributed by atoms with Crippen molar-refractivity contribution in [1.82, 2.24) is 14.5 Å². The van der Waals surface area contributed by atoms with Gasteiger partial charge in [0, 0.05) is 57.5 Å². The number of hydrogen-bond donors (Lipinski definition) is 0. The number of fused-ring (bicyclic) bond motifs is 6. The summed E-state index contributed by atoms with van der Waals surface area (Å²) in [6.45, 7) is 14.0. The molecular weight excluding hydrogens is 530 g/mol. The lowest BCUT2D eigenvalue weighted by molar-refractivity contribution is 0.483. The first kappa shape index (κ1) is 25.8. The third-order valence-electron chi connectivity index (χ3n) is 9.16. The van der Waals surface area contributed by atoms with Gasteiger partial charge in [0.2, 0.25) is 0 Å². The molecule has 43 heavy (non-hydrogen) atoms. The molecule has 2 aliphatic rings. The van der Waals surface area contributed by atoms with Crippen molar-refractivity contribution in [3.8, 4) is 17.3 Å².